The summed E-state index contributed by atoms with van der Waals surface area (Å²) < 4.78 is 0. The Morgan fingerprint density at radius 2 is 2.14 bits per heavy atom. The summed E-state index contributed by atoms with van der Waals surface area (Å²) >= 11 is 0. The van der Waals surface area contributed by atoms with Crippen LogP contribution in [0.2, 0.25) is 0 Å². The highest BCUT2D eigenvalue weighted by Gasteiger charge is 2.29. The van der Waals surface area contributed by atoms with E-state index in [-0.39, 0.29) is 18.1 Å². The van der Waals surface area contributed by atoms with E-state index in [4.69, 9.17) is 0 Å². The first-order valence-corrected chi connectivity index (χ1v) is 5.27. The van der Waals surface area contributed by atoms with Gasteiger partial charge in [0.2, 0.25) is 5.91 Å². The minimum atomic E-state index is -0.276. The van der Waals surface area contributed by atoms with Gasteiger partial charge in [-0.05, 0) is 32.6 Å². The van der Waals surface area contributed by atoms with Crippen molar-refractivity contribution in [3.8, 4) is 0 Å². The molecule has 1 aliphatic rings. The number of hydrogen-bond acceptors (Lipinski definition) is 3. The number of carbonyl (C=O) groups excluding carboxylic acids is 1. The van der Waals surface area contributed by atoms with Crippen molar-refractivity contribution < 1.29 is 9.90 Å². The first-order chi connectivity index (χ1) is 6.59. The van der Waals surface area contributed by atoms with Gasteiger partial charge in [-0.25, -0.2) is 0 Å². The highest BCUT2D eigenvalue weighted by Crippen LogP contribution is 2.32. The minimum absolute atomic E-state index is 0.0111. The van der Waals surface area contributed by atoms with Crippen molar-refractivity contribution in [3.05, 3.63) is 0 Å². The largest absolute Gasteiger partial charge is 0.392 e. The normalized spacial score (nSPS) is 18.3. The summed E-state index contributed by atoms with van der Waals surface area (Å²) in [4.78, 5) is 11.2. The van der Waals surface area contributed by atoms with Crippen molar-refractivity contribution in [1.29, 1.82) is 0 Å². The summed E-state index contributed by atoms with van der Waals surface area (Å²) in [5.41, 5.74) is 0. The zero-order valence-electron chi connectivity index (χ0n) is 8.92. The van der Waals surface area contributed by atoms with Gasteiger partial charge >= 0.3 is 0 Å². The summed E-state index contributed by atoms with van der Waals surface area (Å²) in [5, 5.41) is 15.2. The van der Waals surface area contributed by atoms with Crippen LogP contribution in [0.15, 0.2) is 0 Å². The molecule has 4 nitrogen and oxygen atoms in total. The van der Waals surface area contributed by atoms with Crippen molar-refractivity contribution in [2.45, 2.75) is 38.8 Å². The lowest BCUT2D eigenvalue weighted by molar-refractivity contribution is -0.120. The number of hydrogen-bond donors (Lipinski definition) is 3. The second-order valence-electron chi connectivity index (χ2n) is 4.26. The van der Waals surface area contributed by atoms with Crippen LogP contribution in [0.25, 0.3) is 0 Å². The Balaban J connectivity index is 1.99. The lowest BCUT2D eigenvalue weighted by Gasteiger charge is -2.11. The van der Waals surface area contributed by atoms with Crippen molar-refractivity contribution >= 4 is 5.91 Å². The van der Waals surface area contributed by atoms with Gasteiger partial charge in [-0.3, -0.25) is 4.79 Å². The number of aliphatic hydroxyl groups is 1. The van der Waals surface area contributed by atoms with E-state index in [0.717, 1.165) is 12.8 Å². The van der Waals surface area contributed by atoms with Gasteiger partial charge in [0.05, 0.1) is 12.6 Å². The van der Waals surface area contributed by atoms with Gasteiger partial charge in [-0.15, -0.1) is 0 Å². The fraction of sp³-hybridized carbons (Fsp3) is 0.900. The molecule has 0 radical (unpaired) electrons. The number of nitrogens with one attached hydrogen (secondary N) is 2. The standard InChI is InChI=1S/C10H20N2O2/c1-7(2)12-10(14)6-11-5-9(13)8-3-4-8/h7-9,11,13H,3-6H2,1-2H3,(H,12,14). The maximum atomic E-state index is 11.2. The Morgan fingerprint density at radius 1 is 1.50 bits per heavy atom. The van der Waals surface area contributed by atoms with Gasteiger partial charge in [0.1, 0.15) is 0 Å². The lowest BCUT2D eigenvalue weighted by Crippen LogP contribution is -2.40. The molecule has 1 saturated carbocycles. The minimum Gasteiger partial charge on any atom is -0.392 e. The molecular formula is C10H20N2O2. The number of amides is 1. The Morgan fingerprint density at radius 3 is 2.64 bits per heavy atom. The van der Waals surface area contributed by atoms with Gasteiger partial charge in [0.25, 0.3) is 0 Å². The molecule has 0 aromatic heterocycles. The summed E-state index contributed by atoms with van der Waals surface area (Å²) in [7, 11) is 0. The van der Waals surface area contributed by atoms with Gasteiger partial charge in [-0.1, -0.05) is 0 Å². The van der Waals surface area contributed by atoms with E-state index in [0.29, 0.717) is 19.0 Å². The predicted octanol–water partition coefficient (Wildman–Crippen LogP) is -0.128. The van der Waals surface area contributed by atoms with Crippen LogP contribution in [0.3, 0.4) is 0 Å². The van der Waals surface area contributed by atoms with Crippen LogP contribution in [0, 0.1) is 5.92 Å². The topological polar surface area (TPSA) is 61.4 Å². The first-order valence-electron chi connectivity index (χ1n) is 5.27. The van der Waals surface area contributed by atoms with E-state index < -0.39 is 0 Å². The quantitative estimate of drug-likeness (QED) is 0.560. The predicted molar refractivity (Wildman–Crippen MR) is 54.9 cm³/mol. The molecule has 14 heavy (non-hydrogen) atoms. The van der Waals surface area contributed by atoms with Crippen LogP contribution in [-0.2, 0) is 4.79 Å². The molecule has 1 rings (SSSR count). The average Bonchev–Trinajstić information content (AvgIpc) is 2.84. The molecule has 0 heterocycles. The molecule has 4 heteroatoms. The average molecular weight is 200 g/mol. The van der Waals surface area contributed by atoms with E-state index in [1.54, 1.807) is 0 Å². The van der Waals surface area contributed by atoms with Crippen LogP contribution < -0.4 is 10.6 Å². The third-order valence-corrected chi connectivity index (χ3v) is 2.25. The molecule has 82 valence electrons. The highest BCUT2D eigenvalue weighted by molar-refractivity contribution is 5.78. The second kappa shape index (κ2) is 5.32. The van der Waals surface area contributed by atoms with Crippen molar-refractivity contribution in [3.63, 3.8) is 0 Å². The fourth-order valence-electron chi connectivity index (χ4n) is 1.35. The smallest absolute Gasteiger partial charge is 0.234 e. The Bertz CT molecular complexity index is 191. The zero-order valence-corrected chi connectivity index (χ0v) is 8.92. The van der Waals surface area contributed by atoms with E-state index in [1.165, 1.54) is 0 Å². The van der Waals surface area contributed by atoms with Gasteiger partial charge in [0.15, 0.2) is 0 Å². The molecule has 0 aliphatic heterocycles. The third kappa shape index (κ3) is 4.58. The Kier molecular flexibility index (Phi) is 4.35. The summed E-state index contributed by atoms with van der Waals surface area (Å²) in [6, 6.07) is 0.178. The van der Waals surface area contributed by atoms with E-state index in [9.17, 15) is 9.90 Å². The second-order valence-corrected chi connectivity index (χ2v) is 4.26. The van der Waals surface area contributed by atoms with Crippen LogP contribution >= 0.6 is 0 Å². The summed E-state index contributed by atoms with van der Waals surface area (Å²) in [6.07, 6.45) is 1.98. The van der Waals surface area contributed by atoms with Gasteiger partial charge in [0, 0.05) is 12.6 Å². The molecule has 0 spiro atoms. The van der Waals surface area contributed by atoms with Crippen molar-refractivity contribution in [2.75, 3.05) is 13.1 Å². The lowest BCUT2D eigenvalue weighted by atomic mass is 10.2. The van der Waals surface area contributed by atoms with Crippen LogP contribution in [0.4, 0.5) is 0 Å². The third-order valence-electron chi connectivity index (χ3n) is 2.25. The Hall–Kier alpha value is -0.610. The van der Waals surface area contributed by atoms with Crippen LogP contribution in [-0.4, -0.2) is 36.2 Å². The molecule has 0 bridgehead atoms. The molecule has 1 aliphatic carbocycles. The maximum Gasteiger partial charge on any atom is 0.234 e. The van der Waals surface area contributed by atoms with Crippen molar-refractivity contribution in [1.82, 2.24) is 10.6 Å². The van der Waals surface area contributed by atoms with Crippen LogP contribution in [0.1, 0.15) is 26.7 Å². The Labute approximate surface area is 85.1 Å². The molecule has 1 atom stereocenters. The monoisotopic (exact) mass is 200 g/mol. The van der Waals surface area contributed by atoms with Crippen molar-refractivity contribution in [2.24, 2.45) is 5.92 Å². The molecule has 1 fully saturated rings. The maximum absolute atomic E-state index is 11.2. The van der Waals surface area contributed by atoms with E-state index >= 15 is 0 Å². The highest BCUT2D eigenvalue weighted by atomic mass is 16.3. The van der Waals surface area contributed by atoms with Gasteiger partial charge in [-0.2, -0.15) is 0 Å². The van der Waals surface area contributed by atoms with Crippen LogP contribution in [0.5, 0.6) is 0 Å². The SMILES string of the molecule is CC(C)NC(=O)CNCC(O)C1CC1. The molecule has 0 aromatic carbocycles. The zero-order chi connectivity index (χ0) is 10.6. The molecule has 0 saturated heterocycles. The van der Waals surface area contributed by atoms with Gasteiger partial charge < -0.3 is 15.7 Å². The number of aliphatic hydroxyl groups excluding tert-OH is 1. The number of rotatable bonds is 6. The molecule has 1 unspecified atom stereocenters. The number of carbonyl (C=O) groups is 1. The van der Waals surface area contributed by atoms with E-state index in [1.807, 2.05) is 13.8 Å². The summed E-state index contributed by atoms with van der Waals surface area (Å²) in [5.74, 6) is 0.457. The molecule has 3 N–H and O–H groups in total. The first kappa shape index (κ1) is 11.5. The summed E-state index contributed by atoms with van der Waals surface area (Å²) in [6.45, 7) is 4.67. The van der Waals surface area contributed by atoms with E-state index in [2.05, 4.69) is 10.6 Å². The fourth-order valence-corrected chi connectivity index (χ4v) is 1.35. The molecular weight excluding hydrogens is 180 g/mol. The molecule has 0 aromatic rings. The molecule has 1 amide bonds.